The second-order valence-corrected chi connectivity index (χ2v) is 7.92. The molecule has 1 aromatic carbocycles. The molecule has 152 valence electrons. The minimum Gasteiger partial charge on any atom is -0.437 e. The summed E-state index contributed by atoms with van der Waals surface area (Å²) in [7, 11) is 1.87. The van der Waals surface area contributed by atoms with Gasteiger partial charge in [-0.05, 0) is 49.1 Å². The van der Waals surface area contributed by atoms with Crippen LogP contribution in [-0.4, -0.2) is 24.7 Å². The summed E-state index contributed by atoms with van der Waals surface area (Å²) in [4.78, 5) is 14.2. The third-order valence-corrected chi connectivity index (χ3v) is 5.26. The van der Waals surface area contributed by atoms with Crippen molar-refractivity contribution >= 4 is 29.5 Å². The molecule has 0 atom stereocenters. The number of hydrogen-bond acceptors (Lipinski definition) is 7. The van der Waals surface area contributed by atoms with E-state index in [1.807, 2.05) is 25.4 Å². The van der Waals surface area contributed by atoms with Crippen LogP contribution in [0.2, 0.25) is 5.15 Å². The highest BCUT2D eigenvalue weighted by atomic mass is 35.5. The van der Waals surface area contributed by atoms with Gasteiger partial charge in [-0.15, -0.1) is 0 Å². The smallest absolute Gasteiger partial charge is 0.237 e. The number of pyridine rings is 1. The summed E-state index contributed by atoms with van der Waals surface area (Å²) in [6.45, 7) is 4.12. The number of nitrogens with one attached hydrogen (secondary N) is 1. The van der Waals surface area contributed by atoms with E-state index in [0.717, 1.165) is 27.3 Å². The highest BCUT2D eigenvalue weighted by molar-refractivity contribution is 8.00. The van der Waals surface area contributed by atoms with Crippen molar-refractivity contribution in [3.05, 3.63) is 71.3 Å². The van der Waals surface area contributed by atoms with Gasteiger partial charge in [-0.25, -0.2) is 9.97 Å². The third-order valence-electron chi connectivity index (χ3n) is 4.30. The molecule has 0 aliphatic carbocycles. The minimum atomic E-state index is 0.400. The zero-order chi connectivity index (χ0) is 21.1. The largest absolute Gasteiger partial charge is 0.437 e. The number of ether oxygens (including phenoxy) is 1. The molecule has 0 spiro atoms. The van der Waals surface area contributed by atoms with Crippen molar-refractivity contribution in [3.8, 4) is 22.9 Å². The molecule has 3 heterocycles. The Kier molecular flexibility index (Phi) is 5.87. The Labute approximate surface area is 183 Å². The standard InChI is InChI=1S/C21H19ClN6OS/c1-13-5-4-6-14(2)20(13)17-9-19(29-15-7-8-18(22)23-10-15)26-21(25-17)27-30-16-11-24-28(3)12-16/h4-12H,1-3H3,(H,25,26,27). The molecule has 4 rings (SSSR count). The number of anilines is 1. The first-order chi connectivity index (χ1) is 14.5. The van der Waals surface area contributed by atoms with Crippen LogP contribution in [0, 0.1) is 13.8 Å². The molecule has 3 aromatic heterocycles. The van der Waals surface area contributed by atoms with E-state index in [1.54, 1.807) is 29.2 Å². The van der Waals surface area contributed by atoms with Crippen LogP contribution in [0.5, 0.6) is 11.6 Å². The Morgan fingerprint density at radius 3 is 2.53 bits per heavy atom. The van der Waals surface area contributed by atoms with Crippen LogP contribution in [-0.2, 0) is 7.05 Å². The molecular weight excluding hydrogens is 420 g/mol. The number of nitrogens with zero attached hydrogens (tertiary/aromatic N) is 5. The van der Waals surface area contributed by atoms with Crippen LogP contribution < -0.4 is 9.46 Å². The summed E-state index contributed by atoms with van der Waals surface area (Å²) >= 11 is 7.25. The molecular formula is C21H19ClN6OS. The first-order valence-electron chi connectivity index (χ1n) is 9.14. The van der Waals surface area contributed by atoms with E-state index in [1.165, 1.54) is 11.9 Å². The molecule has 0 amide bonds. The van der Waals surface area contributed by atoms with Crippen molar-refractivity contribution < 1.29 is 4.74 Å². The van der Waals surface area contributed by atoms with Crippen LogP contribution in [0.3, 0.4) is 0 Å². The molecule has 0 fully saturated rings. The third kappa shape index (κ3) is 4.72. The second kappa shape index (κ2) is 8.73. The molecule has 0 bridgehead atoms. The lowest BCUT2D eigenvalue weighted by molar-refractivity contribution is 0.461. The fourth-order valence-corrected chi connectivity index (χ4v) is 3.69. The van der Waals surface area contributed by atoms with Gasteiger partial charge < -0.3 is 4.74 Å². The van der Waals surface area contributed by atoms with Gasteiger partial charge in [0.2, 0.25) is 11.8 Å². The monoisotopic (exact) mass is 438 g/mol. The van der Waals surface area contributed by atoms with E-state index in [0.29, 0.717) is 22.7 Å². The SMILES string of the molecule is Cc1cccc(C)c1-c1cc(Oc2ccc(Cl)nc2)nc(NSc2cnn(C)c2)n1. The van der Waals surface area contributed by atoms with Gasteiger partial charge in [-0.1, -0.05) is 29.8 Å². The maximum absolute atomic E-state index is 5.93. The molecule has 9 heteroatoms. The first kappa shape index (κ1) is 20.2. The highest BCUT2D eigenvalue weighted by Gasteiger charge is 2.13. The molecule has 0 saturated heterocycles. The van der Waals surface area contributed by atoms with Crippen molar-refractivity contribution in [1.82, 2.24) is 24.7 Å². The molecule has 1 N–H and O–H groups in total. The Morgan fingerprint density at radius 1 is 1.07 bits per heavy atom. The van der Waals surface area contributed by atoms with Gasteiger partial charge >= 0.3 is 0 Å². The van der Waals surface area contributed by atoms with Crippen molar-refractivity contribution in [2.24, 2.45) is 7.05 Å². The minimum absolute atomic E-state index is 0.400. The van der Waals surface area contributed by atoms with Crippen molar-refractivity contribution in [3.63, 3.8) is 0 Å². The molecule has 0 saturated carbocycles. The van der Waals surface area contributed by atoms with Crippen LogP contribution in [0.4, 0.5) is 5.95 Å². The predicted octanol–water partition coefficient (Wildman–Crippen LogP) is 5.45. The van der Waals surface area contributed by atoms with Crippen molar-refractivity contribution in [1.29, 1.82) is 0 Å². The Hall–Kier alpha value is -3.10. The van der Waals surface area contributed by atoms with Gasteiger partial charge in [0.05, 0.1) is 23.0 Å². The van der Waals surface area contributed by atoms with Crippen LogP contribution >= 0.6 is 23.5 Å². The zero-order valence-electron chi connectivity index (χ0n) is 16.6. The molecule has 0 radical (unpaired) electrons. The van der Waals surface area contributed by atoms with E-state index < -0.39 is 0 Å². The molecule has 4 aromatic rings. The summed E-state index contributed by atoms with van der Waals surface area (Å²) in [5, 5.41) is 4.57. The summed E-state index contributed by atoms with van der Waals surface area (Å²) in [6.07, 6.45) is 5.23. The van der Waals surface area contributed by atoms with E-state index in [9.17, 15) is 0 Å². The van der Waals surface area contributed by atoms with Gasteiger partial charge in [0, 0.05) is 24.9 Å². The van der Waals surface area contributed by atoms with Gasteiger partial charge in [0.15, 0.2) is 0 Å². The van der Waals surface area contributed by atoms with Gasteiger partial charge in [-0.3, -0.25) is 9.40 Å². The number of halogens is 1. The van der Waals surface area contributed by atoms with E-state index >= 15 is 0 Å². The number of hydrogen-bond donors (Lipinski definition) is 1. The molecule has 30 heavy (non-hydrogen) atoms. The fourth-order valence-electron chi connectivity index (χ4n) is 2.97. The maximum atomic E-state index is 5.93. The van der Waals surface area contributed by atoms with Crippen LogP contribution in [0.15, 0.2) is 59.9 Å². The Balaban J connectivity index is 1.70. The fraction of sp³-hybridized carbons (Fsp3) is 0.143. The topological polar surface area (TPSA) is 77.8 Å². The van der Waals surface area contributed by atoms with Crippen molar-refractivity contribution in [2.45, 2.75) is 18.7 Å². The maximum Gasteiger partial charge on any atom is 0.237 e. The normalized spacial score (nSPS) is 10.8. The molecule has 0 aliphatic rings. The number of aryl methyl sites for hydroxylation is 3. The Bertz CT molecular complexity index is 1160. The van der Waals surface area contributed by atoms with E-state index in [2.05, 4.69) is 45.8 Å². The number of benzene rings is 1. The van der Waals surface area contributed by atoms with E-state index in [4.69, 9.17) is 21.3 Å². The van der Waals surface area contributed by atoms with Gasteiger partial charge in [0.1, 0.15) is 10.9 Å². The van der Waals surface area contributed by atoms with E-state index in [-0.39, 0.29) is 0 Å². The number of aromatic nitrogens is 5. The van der Waals surface area contributed by atoms with Crippen LogP contribution in [0.25, 0.3) is 11.3 Å². The molecule has 0 aliphatic heterocycles. The summed E-state index contributed by atoms with van der Waals surface area (Å²) in [6, 6.07) is 11.4. The van der Waals surface area contributed by atoms with Crippen molar-refractivity contribution in [2.75, 3.05) is 4.72 Å². The average molecular weight is 439 g/mol. The lowest BCUT2D eigenvalue weighted by atomic mass is 10.00. The number of rotatable bonds is 6. The average Bonchev–Trinajstić information content (AvgIpc) is 3.13. The lowest BCUT2D eigenvalue weighted by Crippen LogP contribution is -2.00. The Morgan fingerprint density at radius 2 is 1.87 bits per heavy atom. The first-order valence-corrected chi connectivity index (χ1v) is 10.3. The highest BCUT2D eigenvalue weighted by Crippen LogP contribution is 2.31. The van der Waals surface area contributed by atoms with Gasteiger partial charge in [0.25, 0.3) is 0 Å². The zero-order valence-corrected chi connectivity index (χ0v) is 18.2. The summed E-state index contributed by atoms with van der Waals surface area (Å²) in [5.74, 6) is 1.37. The summed E-state index contributed by atoms with van der Waals surface area (Å²) < 4.78 is 10.9. The quantitative estimate of drug-likeness (QED) is 0.316. The van der Waals surface area contributed by atoms with Crippen LogP contribution in [0.1, 0.15) is 11.1 Å². The molecule has 0 unspecified atom stereocenters. The lowest BCUT2D eigenvalue weighted by Gasteiger charge is -2.13. The summed E-state index contributed by atoms with van der Waals surface area (Å²) in [5.41, 5.74) is 4.07. The molecule has 7 nitrogen and oxygen atoms in total. The predicted molar refractivity (Wildman–Crippen MR) is 119 cm³/mol. The van der Waals surface area contributed by atoms with Gasteiger partial charge in [-0.2, -0.15) is 10.1 Å². The second-order valence-electron chi connectivity index (χ2n) is 6.65.